The maximum atomic E-state index is 13.3. The number of carbonyl (C=O) groups excluding carboxylic acids is 1. The van der Waals surface area contributed by atoms with Gasteiger partial charge in [-0.05, 0) is 48.5 Å². The highest BCUT2D eigenvalue weighted by Gasteiger charge is 2.08. The lowest BCUT2D eigenvalue weighted by atomic mass is 10.2. The van der Waals surface area contributed by atoms with Crippen LogP contribution < -0.4 is 26.4 Å². The zero-order valence-corrected chi connectivity index (χ0v) is 17.3. The van der Waals surface area contributed by atoms with Gasteiger partial charge in [0.25, 0.3) is 0 Å². The lowest BCUT2D eigenvalue weighted by Gasteiger charge is -2.10. The van der Waals surface area contributed by atoms with Crippen LogP contribution in [-0.2, 0) is 0 Å². The molecular weight excluding hydrogens is 430 g/mol. The predicted octanol–water partition coefficient (Wildman–Crippen LogP) is 4.71. The Morgan fingerprint density at radius 2 is 1.61 bits per heavy atom. The number of urea groups is 1. The molecule has 0 saturated heterocycles. The van der Waals surface area contributed by atoms with Crippen LogP contribution >= 0.6 is 0 Å². The number of rotatable bonds is 7. The molecule has 0 fully saturated rings. The first-order chi connectivity index (χ1) is 16.0. The molecule has 0 saturated carbocycles. The third kappa shape index (κ3) is 5.69. The zero-order chi connectivity index (χ0) is 23.2. The summed E-state index contributed by atoms with van der Waals surface area (Å²) in [5.74, 6) is -0.284. The number of nitrogens with one attached hydrogen (secondary N) is 3. The summed E-state index contributed by atoms with van der Waals surface area (Å²) in [6.45, 7) is 1.08. The lowest BCUT2D eigenvalue weighted by Crippen LogP contribution is -2.19. The molecule has 0 aliphatic carbocycles. The molecule has 0 radical (unpaired) electrons. The Labute approximate surface area is 187 Å². The quantitative estimate of drug-likeness (QED) is 0.324. The molecule has 5 N–H and O–H groups in total. The fourth-order valence-electron chi connectivity index (χ4n) is 2.95. The van der Waals surface area contributed by atoms with Crippen LogP contribution in [-0.4, -0.2) is 29.1 Å². The minimum Gasteiger partial charge on any atom is -0.457 e. The van der Waals surface area contributed by atoms with Gasteiger partial charge in [0.2, 0.25) is 0 Å². The van der Waals surface area contributed by atoms with Gasteiger partial charge in [-0.15, -0.1) is 0 Å². The first-order valence-corrected chi connectivity index (χ1v) is 10.0. The molecule has 0 bridgehead atoms. The highest BCUT2D eigenvalue weighted by Crippen LogP contribution is 2.26. The van der Waals surface area contributed by atoms with Gasteiger partial charge in [-0.3, -0.25) is 4.98 Å². The molecule has 8 nitrogen and oxygen atoms in total. The number of hydrogen-bond acceptors (Lipinski definition) is 6. The van der Waals surface area contributed by atoms with Crippen LogP contribution in [0.1, 0.15) is 0 Å². The summed E-state index contributed by atoms with van der Waals surface area (Å²) < 4.78 is 32.1. The van der Waals surface area contributed by atoms with Crippen LogP contribution in [0.15, 0.2) is 66.9 Å². The molecule has 1 heterocycles. The molecule has 2 amide bonds. The van der Waals surface area contributed by atoms with E-state index in [9.17, 15) is 13.6 Å². The maximum absolute atomic E-state index is 13.3. The number of anilines is 3. The van der Waals surface area contributed by atoms with Crippen molar-refractivity contribution in [3.05, 3.63) is 78.5 Å². The van der Waals surface area contributed by atoms with E-state index < -0.39 is 17.7 Å². The van der Waals surface area contributed by atoms with Gasteiger partial charge in [-0.1, -0.05) is 0 Å². The molecule has 0 unspecified atom stereocenters. The second kappa shape index (κ2) is 9.88. The minimum atomic E-state index is -1.04. The fourth-order valence-corrected chi connectivity index (χ4v) is 2.95. The largest absolute Gasteiger partial charge is 0.457 e. The Morgan fingerprint density at radius 1 is 0.879 bits per heavy atom. The first kappa shape index (κ1) is 21.9. The Kier molecular flexibility index (Phi) is 6.56. The topological polar surface area (TPSA) is 114 Å². The van der Waals surface area contributed by atoms with Crippen LogP contribution in [0.25, 0.3) is 11.0 Å². The highest BCUT2D eigenvalue weighted by atomic mass is 19.2. The Balaban J connectivity index is 1.39. The molecule has 3 aromatic carbocycles. The number of halogens is 2. The van der Waals surface area contributed by atoms with Crippen molar-refractivity contribution in [2.24, 2.45) is 5.73 Å². The number of benzene rings is 3. The number of ether oxygens (including phenoxy) is 1. The van der Waals surface area contributed by atoms with Crippen LogP contribution in [0.2, 0.25) is 0 Å². The molecular formula is C23H20F2N6O2. The summed E-state index contributed by atoms with van der Waals surface area (Å²) in [5, 5.41) is 8.12. The Bertz CT molecular complexity index is 1280. The molecule has 0 atom stereocenters. The van der Waals surface area contributed by atoms with E-state index >= 15 is 0 Å². The number of hydrogen-bond donors (Lipinski definition) is 4. The van der Waals surface area contributed by atoms with Crippen molar-refractivity contribution >= 4 is 34.3 Å². The third-order valence-corrected chi connectivity index (χ3v) is 4.49. The van der Waals surface area contributed by atoms with Gasteiger partial charge in [-0.25, -0.2) is 18.6 Å². The monoisotopic (exact) mass is 450 g/mol. The van der Waals surface area contributed by atoms with Gasteiger partial charge in [0.05, 0.1) is 17.2 Å². The summed E-state index contributed by atoms with van der Waals surface area (Å²) in [4.78, 5) is 20.9. The van der Waals surface area contributed by atoms with Gasteiger partial charge in [0, 0.05) is 36.6 Å². The summed E-state index contributed by atoms with van der Waals surface area (Å²) in [6, 6.07) is 14.5. The molecule has 0 spiro atoms. The van der Waals surface area contributed by atoms with E-state index in [-0.39, 0.29) is 5.69 Å². The average Bonchev–Trinajstić information content (AvgIpc) is 2.81. The van der Waals surface area contributed by atoms with Gasteiger partial charge < -0.3 is 26.4 Å². The average molecular weight is 450 g/mol. The van der Waals surface area contributed by atoms with Gasteiger partial charge in [-0.2, -0.15) is 0 Å². The molecule has 168 valence electrons. The number of fused-ring (bicyclic) bond motifs is 1. The second-order valence-corrected chi connectivity index (χ2v) is 6.96. The van der Waals surface area contributed by atoms with Crippen molar-refractivity contribution in [1.82, 2.24) is 9.97 Å². The number of nitrogens with zero attached hydrogens (tertiary/aromatic N) is 2. The van der Waals surface area contributed by atoms with E-state index in [1.165, 1.54) is 6.07 Å². The van der Waals surface area contributed by atoms with E-state index in [0.29, 0.717) is 41.6 Å². The summed E-state index contributed by atoms with van der Waals surface area (Å²) >= 11 is 0. The molecule has 0 aliphatic heterocycles. The van der Waals surface area contributed by atoms with Gasteiger partial charge in [0.15, 0.2) is 11.6 Å². The van der Waals surface area contributed by atoms with Crippen molar-refractivity contribution in [2.45, 2.75) is 0 Å². The Morgan fingerprint density at radius 3 is 2.36 bits per heavy atom. The van der Waals surface area contributed by atoms with Crippen LogP contribution in [0.5, 0.6) is 11.5 Å². The van der Waals surface area contributed by atoms with E-state index in [1.54, 1.807) is 42.6 Å². The third-order valence-electron chi connectivity index (χ3n) is 4.49. The van der Waals surface area contributed by atoms with Crippen LogP contribution in [0, 0.1) is 11.6 Å². The minimum absolute atomic E-state index is 0.132. The van der Waals surface area contributed by atoms with E-state index in [4.69, 9.17) is 10.5 Å². The molecule has 4 aromatic rings. The van der Waals surface area contributed by atoms with Crippen LogP contribution in [0.3, 0.4) is 0 Å². The van der Waals surface area contributed by atoms with Gasteiger partial charge >= 0.3 is 6.03 Å². The van der Waals surface area contributed by atoms with E-state index in [2.05, 4.69) is 25.9 Å². The van der Waals surface area contributed by atoms with Crippen LogP contribution in [0.4, 0.5) is 30.8 Å². The molecule has 10 heteroatoms. The Hall–Kier alpha value is -4.31. The number of aromatic nitrogens is 2. The number of nitrogens with two attached hydrogens (primary N) is 1. The highest BCUT2D eigenvalue weighted by molar-refractivity contribution is 5.99. The van der Waals surface area contributed by atoms with Crippen molar-refractivity contribution in [1.29, 1.82) is 0 Å². The SMILES string of the molecule is NCCNc1cnc2ccc(Oc3ccc(NC(=O)Nc4ccc(F)c(F)c4)cc3)cc2n1. The summed E-state index contributed by atoms with van der Waals surface area (Å²) in [5.41, 5.74) is 7.51. The molecule has 33 heavy (non-hydrogen) atoms. The predicted molar refractivity (Wildman–Crippen MR) is 123 cm³/mol. The normalized spacial score (nSPS) is 10.6. The zero-order valence-electron chi connectivity index (χ0n) is 17.3. The lowest BCUT2D eigenvalue weighted by molar-refractivity contribution is 0.262. The smallest absolute Gasteiger partial charge is 0.323 e. The van der Waals surface area contributed by atoms with Crippen molar-refractivity contribution in [2.75, 3.05) is 29.0 Å². The molecule has 0 aliphatic rings. The molecule has 1 aromatic heterocycles. The summed E-state index contributed by atoms with van der Waals surface area (Å²) in [6.07, 6.45) is 1.65. The first-order valence-electron chi connectivity index (χ1n) is 10.0. The summed E-state index contributed by atoms with van der Waals surface area (Å²) in [7, 11) is 0. The number of amides is 2. The van der Waals surface area contributed by atoms with E-state index in [0.717, 1.165) is 17.6 Å². The van der Waals surface area contributed by atoms with Gasteiger partial charge in [0.1, 0.15) is 17.3 Å². The fraction of sp³-hybridized carbons (Fsp3) is 0.0870. The second-order valence-electron chi connectivity index (χ2n) is 6.96. The number of carbonyl (C=O) groups is 1. The van der Waals surface area contributed by atoms with E-state index in [1.807, 2.05) is 6.07 Å². The van der Waals surface area contributed by atoms with Crippen molar-refractivity contribution < 1.29 is 18.3 Å². The maximum Gasteiger partial charge on any atom is 0.323 e. The standard InChI is InChI=1S/C23H20F2N6O2/c24-18-7-3-15(11-19(18)25)30-23(32)29-14-1-4-16(5-2-14)33-17-6-8-20-21(12-17)31-22(13-28-20)27-10-9-26/h1-8,11-13H,9-10,26H2,(H,27,31)(H2,29,30,32). The van der Waals surface area contributed by atoms with Crippen molar-refractivity contribution in [3.63, 3.8) is 0 Å². The van der Waals surface area contributed by atoms with Crippen molar-refractivity contribution in [3.8, 4) is 11.5 Å². The molecule has 4 rings (SSSR count).